The maximum absolute atomic E-state index is 12.8. The largest absolute Gasteiger partial charge is 0.394 e. The highest BCUT2D eigenvalue weighted by molar-refractivity contribution is 14.1. The molecule has 2 N–H and O–H groups in total. The van der Waals surface area contributed by atoms with Crippen LogP contribution in [0.1, 0.15) is 21.6 Å². The molecule has 0 bridgehead atoms. The fraction of sp³-hybridized carbons (Fsp3) is 0.222. The molecule has 142 valence electrons. The van der Waals surface area contributed by atoms with Crippen LogP contribution in [-0.2, 0) is 18.3 Å². The van der Waals surface area contributed by atoms with Crippen LogP contribution < -0.4 is 11.0 Å². The normalized spacial score (nSPS) is 11.1. The number of pyridine rings is 1. The second-order valence-corrected chi connectivity index (χ2v) is 8.33. The molecule has 0 saturated heterocycles. The number of aliphatic hydroxyl groups is 1. The number of aliphatic hydroxyl groups excluding tert-OH is 1. The van der Waals surface area contributed by atoms with Crippen molar-refractivity contribution in [2.45, 2.75) is 6.42 Å². The van der Waals surface area contributed by atoms with Crippen molar-refractivity contribution in [3.05, 3.63) is 65.4 Å². The molecule has 0 spiro atoms. The first-order chi connectivity index (χ1) is 12.9. The minimum absolute atomic E-state index is 0.0244. The third kappa shape index (κ3) is 4.19. The number of nitrogens with zero attached hydrogens (tertiary/aromatic N) is 1. The maximum Gasteiger partial charge on any atom is 0.278 e. The van der Waals surface area contributed by atoms with E-state index >= 15 is 0 Å². The summed E-state index contributed by atoms with van der Waals surface area (Å²) in [6.45, 7) is -0.240. The van der Waals surface area contributed by atoms with Gasteiger partial charge in [0.15, 0.2) is 0 Å². The molecule has 0 aliphatic rings. The van der Waals surface area contributed by atoms with Gasteiger partial charge in [0.2, 0.25) is 0 Å². The third-order valence-corrected chi connectivity index (χ3v) is 6.03. The minimum Gasteiger partial charge on any atom is -0.394 e. The van der Waals surface area contributed by atoms with Crippen LogP contribution in [0.2, 0.25) is 5.02 Å². The van der Waals surface area contributed by atoms with E-state index in [1.54, 1.807) is 18.5 Å². The first kappa shape index (κ1) is 20.3. The lowest BCUT2D eigenvalue weighted by molar-refractivity contribution is 0.0168. The SMILES string of the molecule is Cn1c(Cc2ccc(I)cc2Cl)c(C(=O)NOCCO)c2sccc2c1=O. The molecule has 0 saturated carbocycles. The Hall–Kier alpha value is -1.46. The van der Waals surface area contributed by atoms with Crippen molar-refractivity contribution in [3.8, 4) is 0 Å². The number of amides is 1. The van der Waals surface area contributed by atoms with E-state index in [0.717, 1.165) is 9.13 Å². The van der Waals surface area contributed by atoms with Gasteiger partial charge in [0.05, 0.1) is 28.9 Å². The fourth-order valence-corrected chi connectivity index (χ4v) is 4.65. The van der Waals surface area contributed by atoms with Gasteiger partial charge in [-0.3, -0.25) is 14.4 Å². The number of thiophene rings is 1. The molecule has 0 unspecified atom stereocenters. The molecule has 3 rings (SSSR count). The van der Waals surface area contributed by atoms with Crippen molar-refractivity contribution in [1.82, 2.24) is 10.0 Å². The first-order valence-corrected chi connectivity index (χ1v) is 10.3. The molecule has 0 fully saturated rings. The summed E-state index contributed by atoms with van der Waals surface area (Å²) in [5.41, 5.74) is 3.89. The quantitative estimate of drug-likeness (QED) is 0.299. The third-order valence-electron chi connectivity index (χ3n) is 4.08. The van der Waals surface area contributed by atoms with Crippen LogP contribution >= 0.6 is 45.5 Å². The number of carbonyl (C=O) groups excluding carboxylic acids is 1. The van der Waals surface area contributed by atoms with E-state index in [2.05, 4.69) is 28.1 Å². The molecule has 3 aromatic rings. The van der Waals surface area contributed by atoms with Crippen molar-refractivity contribution in [1.29, 1.82) is 0 Å². The van der Waals surface area contributed by atoms with Gasteiger partial charge in [0.1, 0.15) is 0 Å². The van der Waals surface area contributed by atoms with Gasteiger partial charge in [0.25, 0.3) is 11.5 Å². The summed E-state index contributed by atoms with van der Waals surface area (Å²) >= 11 is 9.86. The Morgan fingerprint density at radius 1 is 1.41 bits per heavy atom. The van der Waals surface area contributed by atoms with Gasteiger partial charge in [0, 0.05) is 27.8 Å². The summed E-state index contributed by atoms with van der Waals surface area (Å²) in [6, 6.07) is 7.35. The molecule has 0 aliphatic carbocycles. The molecule has 0 atom stereocenters. The second-order valence-electron chi connectivity index (χ2n) is 5.77. The molecule has 6 nitrogen and oxygen atoms in total. The molecule has 2 aromatic heterocycles. The number of hydroxylamine groups is 1. The number of fused-ring (bicyclic) bond motifs is 1. The Balaban J connectivity index is 2.14. The number of rotatable bonds is 6. The molecule has 0 radical (unpaired) electrons. The summed E-state index contributed by atoms with van der Waals surface area (Å²) in [4.78, 5) is 30.5. The van der Waals surface area contributed by atoms with E-state index in [-0.39, 0.29) is 18.8 Å². The lowest BCUT2D eigenvalue weighted by atomic mass is 10.0. The van der Waals surface area contributed by atoms with Gasteiger partial charge >= 0.3 is 0 Å². The lowest BCUT2D eigenvalue weighted by Gasteiger charge is -2.16. The molecule has 1 aromatic carbocycles. The Morgan fingerprint density at radius 2 is 2.19 bits per heavy atom. The predicted molar refractivity (Wildman–Crippen MR) is 115 cm³/mol. The zero-order chi connectivity index (χ0) is 19.6. The van der Waals surface area contributed by atoms with E-state index in [4.69, 9.17) is 21.5 Å². The minimum atomic E-state index is -0.469. The van der Waals surface area contributed by atoms with Gasteiger partial charge < -0.3 is 9.67 Å². The van der Waals surface area contributed by atoms with Crippen LogP contribution in [0, 0.1) is 3.57 Å². The van der Waals surface area contributed by atoms with E-state index < -0.39 is 5.91 Å². The summed E-state index contributed by atoms with van der Waals surface area (Å²) < 4.78 is 3.07. The summed E-state index contributed by atoms with van der Waals surface area (Å²) in [5.74, 6) is -0.469. The average molecular weight is 519 g/mol. The van der Waals surface area contributed by atoms with Crippen molar-refractivity contribution < 1.29 is 14.7 Å². The number of carbonyl (C=O) groups is 1. The number of benzene rings is 1. The smallest absolute Gasteiger partial charge is 0.278 e. The Kier molecular flexibility index (Phi) is 6.53. The molecule has 9 heteroatoms. The monoisotopic (exact) mass is 518 g/mol. The number of halogens is 2. The molecular formula is C18H16ClIN2O4S. The molecule has 2 heterocycles. The van der Waals surface area contributed by atoms with Crippen molar-refractivity contribution in [2.24, 2.45) is 7.05 Å². The molecule has 1 amide bonds. The van der Waals surface area contributed by atoms with Crippen molar-refractivity contribution in [2.75, 3.05) is 13.2 Å². The number of hydrogen-bond acceptors (Lipinski definition) is 5. The topological polar surface area (TPSA) is 80.6 Å². The van der Waals surface area contributed by atoms with E-state index in [9.17, 15) is 9.59 Å². The van der Waals surface area contributed by atoms with Crippen molar-refractivity contribution >= 4 is 61.5 Å². The summed E-state index contributed by atoms with van der Waals surface area (Å²) in [5, 5.41) is 11.7. The standard InChI is InChI=1S/C18H16ClIN2O4S/c1-22-14(8-10-2-3-11(20)9-13(10)19)15(17(24)21-26-6-5-23)16-12(18(22)25)4-7-27-16/h2-4,7,9,23H,5-6,8H2,1H3,(H,21,24). The van der Waals surface area contributed by atoms with E-state index in [0.29, 0.717) is 32.8 Å². The average Bonchev–Trinajstić information content (AvgIpc) is 3.11. The Labute approximate surface area is 177 Å². The highest BCUT2D eigenvalue weighted by Crippen LogP contribution is 2.28. The fourth-order valence-electron chi connectivity index (χ4n) is 2.77. The summed E-state index contributed by atoms with van der Waals surface area (Å²) in [6.07, 6.45) is 0.318. The maximum atomic E-state index is 12.8. The van der Waals surface area contributed by atoms with Crippen LogP contribution in [0.5, 0.6) is 0 Å². The van der Waals surface area contributed by atoms with Crippen LogP contribution in [0.3, 0.4) is 0 Å². The Morgan fingerprint density at radius 3 is 2.89 bits per heavy atom. The zero-order valence-corrected chi connectivity index (χ0v) is 18.0. The molecular weight excluding hydrogens is 503 g/mol. The van der Waals surface area contributed by atoms with Gasteiger partial charge in [-0.15, -0.1) is 11.3 Å². The second kappa shape index (κ2) is 8.70. The van der Waals surface area contributed by atoms with Gasteiger partial charge in [-0.05, 0) is 51.7 Å². The van der Waals surface area contributed by atoms with Crippen LogP contribution in [-0.4, -0.2) is 28.8 Å². The van der Waals surface area contributed by atoms with Gasteiger partial charge in [-0.2, -0.15) is 0 Å². The molecule has 27 heavy (non-hydrogen) atoms. The lowest BCUT2D eigenvalue weighted by Crippen LogP contribution is -2.30. The highest BCUT2D eigenvalue weighted by Gasteiger charge is 2.22. The number of aromatic nitrogens is 1. The van der Waals surface area contributed by atoms with Gasteiger partial charge in [-0.25, -0.2) is 5.48 Å². The van der Waals surface area contributed by atoms with Gasteiger partial charge in [-0.1, -0.05) is 17.7 Å². The highest BCUT2D eigenvalue weighted by atomic mass is 127. The number of hydrogen-bond donors (Lipinski definition) is 2. The Bertz CT molecular complexity index is 1060. The van der Waals surface area contributed by atoms with Crippen LogP contribution in [0.4, 0.5) is 0 Å². The molecule has 0 aliphatic heterocycles. The number of nitrogens with one attached hydrogen (secondary N) is 1. The first-order valence-electron chi connectivity index (χ1n) is 8.00. The predicted octanol–water partition coefficient (Wildman–Crippen LogP) is 3.10. The van der Waals surface area contributed by atoms with E-state index in [1.165, 1.54) is 15.9 Å². The summed E-state index contributed by atoms with van der Waals surface area (Å²) in [7, 11) is 1.64. The van der Waals surface area contributed by atoms with Crippen LogP contribution in [0.15, 0.2) is 34.4 Å². The van der Waals surface area contributed by atoms with Crippen molar-refractivity contribution in [3.63, 3.8) is 0 Å². The van der Waals surface area contributed by atoms with E-state index in [1.807, 2.05) is 18.2 Å². The zero-order valence-electron chi connectivity index (χ0n) is 14.3. The van der Waals surface area contributed by atoms with Crippen LogP contribution in [0.25, 0.3) is 10.1 Å².